The summed E-state index contributed by atoms with van der Waals surface area (Å²) >= 11 is 6.05. The zero-order valence-corrected chi connectivity index (χ0v) is 18.8. The van der Waals surface area contributed by atoms with Crippen molar-refractivity contribution in [3.63, 3.8) is 0 Å². The normalized spacial score (nSPS) is 15.4. The summed E-state index contributed by atoms with van der Waals surface area (Å²) in [5, 5.41) is 4.77. The van der Waals surface area contributed by atoms with Gasteiger partial charge in [0.1, 0.15) is 10.8 Å². The summed E-state index contributed by atoms with van der Waals surface area (Å²) in [6.45, 7) is 7.45. The molecule has 0 spiro atoms. The molecular weight excluding hydrogens is 416 g/mol. The summed E-state index contributed by atoms with van der Waals surface area (Å²) in [5.41, 5.74) is 3.23. The van der Waals surface area contributed by atoms with Crippen LogP contribution in [0.3, 0.4) is 0 Å². The van der Waals surface area contributed by atoms with E-state index in [-0.39, 0.29) is 12.2 Å². The minimum absolute atomic E-state index is 0.124. The molecule has 2 aromatic heterocycles. The number of imidazole rings is 1. The van der Waals surface area contributed by atoms with Gasteiger partial charge in [-0.2, -0.15) is 5.10 Å². The second-order valence-corrected chi connectivity index (χ2v) is 9.13. The van der Waals surface area contributed by atoms with Gasteiger partial charge in [0.25, 0.3) is 0 Å². The first-order valence-electron chi connectivity index (χ1n) is 10.5. The molecule has 8 heteroatoms. The molecule has 0 aliphatic carbocycles. The number of ether oxygens (including phenoxy) is 2. The third-order valence-corrected chi connectivity index (χ3v) is 5.33. The molecule has 0 unspecified atom stereocenters. The first-order valence-corrected chi connectivity index (χ1v) is 10.9. The number of amides is 1. The van der Waals surface area contributed by atoms with Gasteiger partial charge in [-0.25, -0.2) is 14.3 Å². The van der Waals surface area contributed by atoms with Crippen LogP contribution in [0.1, 0.15) is 39.2 Å². The number of nitrogens with zero attached hydrogens (tertiary/aromatic N) is 4. The molecule has 31 heavy (non-hydrogen) atoms. The Hall–Kier alpha value is -2.64. The van der Waals surface area contributed by atoms with Crippen LogP contribution >= 0.6 is 11.6 Å². The van der Waals surface area contributed by atoms with E-state index < -0.39 is 5.60 Å². The molecule has 164 valence electrons. The lowest BCUT2D eigenvalue weighted by molar-refractivity contribution is -0.0170. The van der Waals surface area contributed by atoms with Crippen molar-refractivity contribution < 1.29 is 14.3 Å². The van der Waals surface area contributed by atoms with Crippen LogP contribution in [0.4, 0.5) is 4.79 Å². The molecule has 0 bridgehead atoms. The molecule has 3 heterocycles. The van der Waals surface area contributed by atoms with Crippen LogP contribution in [0.2, 0.25) is 5.15 Å². The van der Waals surface area contributed by atoms with Gasteiger partial charge in [-0.05, 0) is 57.4 Å². The number of aromatic nitrogens is 3. The number of hydrogen-bond acceptors (Lipinski definition) is 5. The minimum Gasteiger partial charge on any atom is -0.444 e. The van der Waals surface area contributed by atoms with E-state index in [1.165, 1.54) is 0 Å². The summed E-state index contributed by atoms with van der Waals surface area (Å²) in [5.74, 6) is 0. The lowest BCUT2D eigenvalue weighted by atomic mass is 10.1. The Morgan fingerprint density at radius 1 is 1.19 bits per heavy atom. The van der Waals surface area contributed by atoms with Crippen LogP contribution in [0.15, 0.2) is 42.6 Å². The molecule has 1 aromatic carbocycles. The summed E-state index contributed by atoms with van der Waals surface area (Å²) in [6, 6.07) is 11.7. The number of halogens is 1. The van der Waals surface area contributed by atoms with Crippen LogP contribution in [0, 0.1) is 0 Å². The zero-order chi connectivity index (χ0) is 22.0. The summed E-state index contributed by atoms with van der Waals surface area (Å²) in [7, 11) is 0. The van der Waals surface area contributed by atoms with Crippen LogP contribution in [0.5, 0.6) is 0 Å². The largest absolute Gasteiger partial charge is 0.444 e. The highest BCUT2D eigenvalue weighted by molar-refractivity contribution is 6.29. The quantitative estimate of drug-likeness (QED) is 0.570. The van der Waals surface area contributed by atoms with Crippen molar-refractivity contribution in [2.24, 2.45) is 0 Å². The average Bonchev–Trinajstić information content (AvgIpc) is 3.14. The van der Waals surface area contributed by atoms with Crippen molar-refractivity contribution >= 4 is 23.3 Å². The molecule has 1 amide bonds. The van der Waals surface area contributed by atoms with E-state index in [0.717, 1.165) is 35.3 Å². The number of likely N-dealkylation sites (tertiary alicyclic amines) is 1. The molecule has 0 N–H and O–H groups in total. The fourth-order valence-corrected chi connectivity index (χ4v) is 3.75. The average molecular weight is 443 g/mol. The third-order valence-electron chi connectivity index (χ3n) is 5.13. The van der Waals surface area contributed by atoms with Crippen molar-refractivity contribution in [3.05, 3.63) is 53.3 Å². The van der Waals surface area contributed by atoms with Gasteiger partial charge in [-0.3, -0.25) is 0 Å². The van der Waals surface area contributed by atoms with Gasteiger partial charge in [0.2, 0.25) is 0 Å². The Kier molecular flexibility index (Phi) is 6.16. The highest BCUT2D eigenvalue weighted by atomic mass is 35.5. The minimum atomic E-state index is -0.475. The van der Waals surface area contributed by atoms with Crippen molar-refractivity contribution in [2.75, 3.05) is 13.1 Å². The van der Waals surface area contributed by atoms with Crippen molar-refractivity contribution in [1.82, 2.24) is 19.5 Å². The first-order chi connectivity index (χ1) is 14.8. The molecule has 1 aliphatic heterocycles. The smallest absolute Gasteiger partial charge is 0.410 e. The summed E-state index contributed by atoms with van der Waals surface area (Å²) < 4.78 is 13.3. The van der Waals surface area contributed by atoms with Crippen molar-refractivity contribution in [3.8, 4) is 11.3 Å². The van der Waals surface area contributed by atoms with Gasteiger partial charge < -0.3 is 14.4 Å². The fourth-order valence-electron chi connectivity index (χ4n) is 3.61. The Labute approximate surface area is 186 Å². The maximum Gasteiger partial charge on any atom is 0.410 e. The van der Waals surface area contributed by atoms with Gasteiger partial charge >= 0.3 is 6.09 Å². The van der Waals surface area contributed by atoms with Crippen LogP contribution < -0.4 is 0 Å². The Bertz CT molecular complexity index is 1070. The Morgan fingerprint density at radius 2 is 1.97 bits per heavy atom. The van der Waals surface area contributed by atoms with Crippen LogP contribution in [0.25, 0.3) is 16.9 Å². The number of piperidine rings is 1. The molecule has 1 fully saturated rings. The predicted molar refractivity (Wildman–Crippen MR) is 119 cm³/mol. The van der Waals surface area contributed by atoms with E-state index in [0.29, 0.717) is 24.8 Å². The lowest BCUT2D eigenvalue weighted by Gasteiger charge is -2.33. The van der Waals surface area contributed by atoms with E-state index in [1.807, 2.05) is 45.0 Å². The van der Waals surface area contributed by atoms with Gasteiger partial charge in [-0.1, -0.05) is 29.8 Å². The highest BCUT2D eigenvalue weighted by Gasteiger charge is 2.27. The molecule has 0 saturated carbocycles. The molecular formula is C23H27ClN4O3. The van der Waals surface area contributed by atoms with Crippen LogP contribution in [-0.2, 0) is 16.1 Å². The molecule has 1 aliphatic rings. The van der Waals surface area contributed by atoms with E-state index in [1.54, 1.807) is 21.7 Å². The predicted octanol–water partition coefficient (Wildman–Crippen LogP) is 4.97. The monoisotopic (exact) mass is 442 g/mol. The zero-order valence-electron chi connectivity index (χ0n) is 18.0. The maximum absolute atomic E-state index is 12.2. The van der Waals surface area contributed by atoms with Gasteiger partial charge in [0.15, 0.2) is 5.65 Å². The number of benzene rings is 1. The number of rotatable bonds is 4. The van der Waals surface area contributed by atoms with Crippen molar-refractivity contribution in [2.45, 2.75) is 51.9 Å². The second-order valence-electron chi connectivity index (χ2n) is 8.75. The van der Waals surface area contributed by atoms with E-state index >= 15 is 0 Å². The van der Waals surface area contributed by atoms with E-state index in [9.17, 15) is 4.79 Å². The molecule has 7 nitrogen and oxygen atoms in total. The third kappa shape index (κ3) is 5.35. The Morgan fingerprint density at radius 3 is 2.71 bits per heavy atom. The summed E-state index contributed by atoms with van der Waals surface area (Å²) in [6.07, 6.45) is 3.27. The lowest BCUT2D eigenvalue weighted by Crippen LogP contribution is -2.43. The van der Waals surface area contributed by atoms with Gasteiger partial charge in [0, 0.05) is 18.7 Å². The number of carbonyl (C=O) groups excluding carboxylic acids is 1. The molecule has 1 saturated heterocycles. The molecule has 0 atom stereocenters. The SMILES string of the molecule is CC(C)(C)OC(=O)N1CCC(OCc2cccc(-c3cnc4ccc(Cl)nn34)c2)CC1. The van der Waals surface area contributed by atoms with Gasteiger partial charge in [0.05, 0.1) is 24.6 Å². The van der Waals surface area contributed by atoms with Crippen molar-refractivity contribution in [1.29, 1.82) is 0 Å². The topological polar surface area (TPSA) is 69.0 Å². The first kappa shape index (κ1) is 21.6. The van der Waals surface area contributed by atoms with E-state index in [2.05, 4.69) is 16.1 Å². The van der Waals surface area contributed by atoms with Gasteiger partial charge in [-0.15, -0.1) is 0 Å². The van der Waals surface area contributed by atoms with E-state index in [4.69, 9.17) is 21.1 Å². The Balaban J connectivity index is 1.35. The fraction of sp³-hybridized carbons (Fsp3) is 0.435. The molecule has 0 radical (unpaired) electrons. The van der Waals surface area contributed by atoms with Crippen LogP contribution in [-0.4, -0.2) is 50.4 Å². The number of carbonyl (C=O) groups is 1. The maximum atomic E-state index is 12.2. The number of fused-ring (bicyclic) bond motifs is 1. The standard InChI is InChI=1S/C23H27ClN4O3/c1-23(2,3)31-22(29)27-11-9-18(10-12-27)30-15-16-5-4-6-17(13-16)19-14-25-21-8-7-20(24)26-28(19)21/h4-8,13-14,18H,9-12,15H2,1-3H3. The molecule has 4 rings (SSSR count). The number of hydrogen-bond donors (Lipinski definition) is 0. The molecule has 3 aromatic rings. The summed E-state index contributed by atoms with van der Waals surface area (Å²) in [4.78, 5) is 18.4. The highest BCUT2D eigenvalue weighted by Crippen LogP contribution is 2.24. The second kappa shape index (κ2) is 8.85.